The average molecular weight is 246 g/mol. The van der Waals surface area contributed by atoms with E-state index in [9.17, 15) is 14.7 Å². The Kier molecular flexibility index (Phi) is 4.24. The topological polar surface area (TPSA) is 82.1 Å². The van der Waals surface area contributed by atoms with Gasteiger partial charge in [-0.2, -0.15) is 0 Å². The third-order valence-electron chi connectivity index (χ3n) is 2.31. The molecule has 0 aromatic heterocycles. The van der Waals surface area contributed by atoms with E-state index in [4.69, 9.17) is 14.2 Å². The summed E-state index contributed by atoms with van der Waals surface area (Å²) in [5.74, 6) is -2.29. The molecule has 98 valence electrons. The van der Waals surface area contributed by atoms with Crippen LogP contribution in [0.25, 0.3) is 0 Å². The van der Waals surface area contributed by atoms with Gasteiger partial charge in [-0.25, -0.2) is 4.79 Å². The zero-order valence-corrected chi connectivity index (χ0v) is 10.4. The quantitative estimate of drug-likeness (QED) is 0.704. The van der Waals surface area contributed by atoms with Crippen molar-refractivity contribution in [2.75, 3.05) is 6.61 Å². The zero-order valence-electron chi connectivity index (χ0n) is 10.4. The van der Waals surface area contributed by atoms with Gasteiger partial charge >= 0.3 is 5.97 Å². The molecule has 0 saturated carbocycles. The lowest BCUT2D eigenvalue weighted by Gasteiger charge is -2.16. The van der Waals surface area contributed by atoms with Crippen molar-refractivity contribution in [3.05, 3.63) is 0 Å². The Bertz CT molecular complexity index is 309. The van der Waals surface area contributed by atoms with E-state index in [1.807, 2.05) is 0 Å². The maximum absolute atomic E-state index is 11.7. The highest BCUT2D eigenvalue weighted by molar-refractivity contribution is 5.93. The lowest BCUT2D eigenvalue weighted by molar-refractivity contribution is -0.170. The smallest absolute Gasteiger partial charge is 0.338 e. The highest BCUT2D eigenvalue weighted by Gasteiger charge is 2.50. The fraction of sp³-hybridized carbons (Fsp3) is 0.818. The van der Waals surface area contributed by atoms with E-state index >= 15 is 0 Å². The first kappa shape index (κ1) is 14.1. The minimum atomic E-state index is -1.21. The predicted octanol–water partition coefficient (Wildman–Crippen LogP) is 0.0195. The van der Waals surface area contributed by atoms with Gasteiger partial charge in [-0.05, 0) is 27.7 Å². The van der Waals surface area contributed by atoms with Crippen LogP contribution in [0, 0.1) is 0 Å². The molecule has 0 aromatic carbocycles. The summed E-state index contributed by atoms with van der Waals surface area (Å²) in [6.45, 7) is 6.35. The summed E-state index contributed by atoms with van der Waals surface area (Å²) in [6.07, 6.45) is -3.45. The Morgan fingerprint density at radius 1 is 1.35 bits per heavy atom. The van der Waals surface area contributed by atoms with Crippen molar-refractivity contribution < 1.29 is 28.9 Å². The van der Waals surface area contributed by atoms with Gasteiger partial charge < -0.3 is 19.3 Å². The molecule has 1 aliphatic heterocycles. The van der Waals surface area contributed by atoms with Gasteiger partial charge in [0, 0.05) is 0 Å². The first-order valence-corrected chi connectivity index (χ1v) is 5.52. The van der Waals surface area contributed by atoms with Gasteiger partial charge in [0.25, 0.3) is 0 Å². The number of hydrogen-bond acceptors (Lipinski definition) is 6. The predicted molar refractivity (Wildman–Crippen MR) is 57.1 cm³/mol. The van der Waals surface area contributed by atoms with Crippen LogP contribution in [-0.4, -0.2) is 47.6 Å². The van der Waals surface area contributed by atoms with Crippen LogP contribution in [0.4, 0.5) is 0 Å². The largest absolute Gasteiger partial charge is 0.464 e. The molecule has 1 rings (SSSR count). The molecular weight excluding hydrogens is 228 g/mol. The number of hydrogen-bond donors (Lipinski definition) is 1. The Labute approximate surface area is 99.8 Å². The Morgan fingerprint density at radius 3 is 2.35 bits per heavy atom. The molecule has 0 amide bonds. The molecule has 0 unspecified atom stereocenters. The zero-order chi connectivity index (χ0) is 13.2. The van der Waals surface area contributed by atoms with Gasteiger partial charge in [0.15, 0.2) is 23.8 Å². The van der Waals surface area contributed by atoms with Crippen molar-refractivity contribution in [3.63, 3.8) is 0 Å². The molecule has 0 bridgehead atoms. The van der Waals surface area contributed by atoms with Crippen molar-refractivity contribution in [1.82, 2.24) is 0 Å². The van der Waals surface area contributed by atoms with Crippen LogP contribution in [-0.2, 0) is 23.8 Å². The van der Waals surface area contributed by atoms with Gasteiger partial charge in [-0.15, -0.1) is 0 Å². The van der Waals surface area contributed by atoms with Crippen LogP contribution < -0.4 is 0 Å². The van der Waals surface area contributed by atoms with Crippen LogP contribution in [0.1, 0.15) is 27.7 Å². The fourth-order valence-corrected chi connectivity index (χ4v) is 1.60. The standard InChI is InChI=1S/C11H18O6/c1-5-15-10(14)9-8(7(13)6(2)12)16-11(3,4)17-9/h6,8-9,12H,5H2,1-4H3/t6-,8+,9-/m0/s1. The van der Waals surface area contributed by atoms with Gasteiger partial charge in [-0.1, -0.05) is 0 Å². The third kappa shape index (κ3) is 3.24. The number of Topliss-reactive ketones (excluding diaryl/α,β-unsaturated/α-hetero) is 1. The number of rotatable bonds is 4. The second kappa shape index (κ2) is 5.12. The van der Waals surface area contributed by atoms with Crippen LogP contribution in [0.3, 0.4) is 0 Å². The molecular formula is C11H18O6. The molecule has 0 spiro atoms. The summed E-state index contributed by atoms with van der Waals surface area (Å²) in [6, 6.07) is 0. The van der Waals surface area contributed by atoms with Crippen molar-refractivity contribution >= 4 is 11.8 Å². The SMILES string of the molecule is CCOC(=O)[C@H]1OC(C)(C)O[C@@H]1C(=O)[C@H](C)O. The minimum Gasteiger partial charge on any atom is -0.464 e. The normalized spacial score (nSPS) is 28.8. The molecule has 1 aliphatic rings. The summed E-state index contributed by atoms with van der Waals surface area (Å²) in [4.78, 5) is 23.3. The fourth-order valence-electron chi connectivity index (χ4n) is 1.60. The highest BCUT2D eigenvalue weighted by Crippen LogP contribution is 2.30. The molecule has 1 fully saturated rings. The molecule has 1 heterocycles. The number of carbonyl (C=O) groups excluding carboxylic acids is 2. The summed E-state index contributed by atoms with van der Waals surface area (Å²) in [7, 11) is 0. The number of aliphatic hydroxyl groups excluding tert-OH is 1. The van der Waals surface area contributed by atoms with Crippen LogP contribution >= 0.6 is 0 Å². The summed E-state index contributed by atoms with van der Waals surface area (Å²) < 4.78 is 15.4. The molecule has 3 atom stereocenters. The molecule has 0 radical (unpaired) electrons. The summed E-state index contributed by atoms with van der Waals surface area (Å²) in [5, 5.41) is 9.24. The Hall–Kier alpha value is -0.980. The first-order valence-electron chi connectivity index (χ1n) is 5.52. The van der Waals surface area contributed by atoms with Crippen LogP contribution in [0.5, 0.6) is 0 Å². The maximum Gasteiger partial charge on any atom is 0.338 e. The Balaban J connectivity index is 2.85. The number of ketones is 1. The van der Waals surface area contributed by atoms with E-state index in [1.165, 1.54) is 6.92 Å². The summed E-state index contributed by atoms with van der Waals surface area (Å²) in [5.41, 5.74) is 0. The second-order valence-electron chi connectivity index (χ2n) is 4.31. The first-order chi connectivity index (χ1) is 7.78. The van der Waals surface area contributed by atoms with E-state index in [2.05, 4.69) is 0 Å². The number of ether oxygens (including phenoxy) is 3. The highest BCUT2D eigenvalue weighted by atomic mass is 16.8. The van der Waals surface area contributed by atoms with Crippen molar-refractivity contribution in [2.24, 2.45) is 0 Å². The molecule has 1 saturated heterocycles. The van der Waals surface area contributed by atoms with E-state index in [1.54, 1.807) is 20.8 Å². The van der Waals surface area contributed by atoms with Crippen molar-refractivity contribution in [1.29, 1.82) is 0 Å². The van der Waals surface area contributed by atoms with Gasteiger partial charge in [0.2, 0.25) is 0 Å². The monoisotopic (exact) mass is 246 g/mol. The van der Waals surface area contributed by atoms with E-state index in [0.717, 1.165) is 0 Å². The minimum absolute atomic E-state index is 0.189. The molecule has 0 aliphatic carbocycles. The molecule has 0 aromatic rings. The molecule has 17 heavy (non-hydrogen) atoms. The van der Waals surface area contributed by atoms with Crippen molar-refractivity contribution in [2.45, 2.75) is 51.8 Å². The third-order valence-corrected chi connectivity index (χ3v) is 2.31. The summed E-state index contributed by atoms with van der Waals surface area (Å²) >= 11 is 0. The van der Waals surface area contributed by atoms with E-state index in [-0.39, 0.29) is 6.61 Å². The number of esters is 1. The van der Waals surface area contributed by atoms with Gasteiger partial charge in [-0.3, -0.25) is 4.79 Å². The molecule has 6 heteroatoms. The number of carbonyl (C=O) groups is 2. The van der Waals surface area contributed by atoms with Crippen LogP contribution in [0.15, 0.2) is 0 Å². The molecule has 1 N–H and O–H groups in total. The lowest BCUT2D eigenvalue weighted by Crippen LogP contribution is -2.42. The van der Waals surface area contributed by atoms with Crippen LogP contribution in [0.2, 0.25) is 0 Å². The van der Waals surface area contributed by atoms with Gasteiger partial charge in [0.05, 0.1) is 6.61 Å². The molecule has 6 nitrogen and oxygen atoms in total. The lowest BCUT2D eigenvalue weighted by atomic mass is 10.1. The average Bonchev–Trinajstić information content (AvgIpc) is 2.53. The number of aliphatic hydroxyl groups is 1. The maximum atomic E-state index is 11.7. The van der Waals surface area contributed by atoms with Gasteiger partial charge in [0.1, 0.15) is 6.10 Å². The van der Waals surface area contributed by atoms with E-state index in [0.29, 0.717) is 0 Å². The Morgan fingerprint density at radius 2 is 1.88 bits per heavy atom. The van der Waals surface area contributed by atoms with E-state index < -0.39 is 35.9 Å². The van der Waals surface area contributed by atoms with Crippen molar-refractivity contribution in [3.8, 4) is 0 Å². The second-order valence-corrected chi connectivity index (χ2v) is 4.31.